The van der Waals surface area contributed by atoms with Crippen molar-refractivity contribution in [2.45, 2.75) is 38.7 Å². The highest BCUT2D eigenvalue weighted by Crippen LogP contribution is 2.38. The van der Waals surface area contributed by atoms with Crippen molar-refractivity contribution in [3.63, 3.8) is 0 Å². The Labute approximate surface area is 144 Å². The maximum Gasteiger partial charge on any atom is 0.258 e. The lowest BCUT2D eigenvalue weighted by Gasteiger charge is -2.36. The Hall–Kier alpha value is -2.89. The standard InChI is InChI=1S/C19H18N2O4/c1-3-19(4-2)11-14(22)13-10-12(7-8-15(13)24-19)18-20-17(21-25-18)16-6-5-9-23-16/h5-10H,3-4,11H2,1-2H3. The highest BCUT2D eigenvalue weighted by Gasteiger charge is 2.37. The molecule has 6 heteroatoms. The molecule has 0 amide bonds. The second kappa shape index (κ2) is 5.88. The summed E-state index contributed by atoms with van der Waals surface area (Å²) in [5, 5.41) is 3.92. The number of nitrogens with zero attached hydrogens (tertiary/aromatic N) is 2. The number of benzene rings is 1. The predicted octanol–water partition coefficient (Wildman–Crippen LogP) is 4.52. The molecule has 0 aliphatic carbocycles. The molecule has 4 rings (SSSR count). The Morgan fingerprint density at radius 2 is 2.04 bits per heavy atom. The number of hydrogen-bond donors (Lipinski definition) is 0. The zero-order valence-corrected chi connectivity index (χ0v) is 14.1. The van der Waals surface area contributed by atoms with Crippen LogP contribution in [-0.2, 0) is 0 Å². The van der Waals surface area contributed by atoms with E-state index in [9.17, 15) is 4.79 Å². The molecule has 0 fully saturated rings. The molecule has 25 heavy (non-hydrogen) atoms. The average molecular weight is 338 g/mol. The van der Waals surface area contributed by atoms with Gasteiger partial charge in [0.2, 0.25) is 5.82 Å². The molecule has 6 nitrogen and oxygen atoms in total. The lowest BCUT2D eigenvalue weighted by Crippen LogP contribution is -2.40. The van der Waals surface area contributed by atoms with E-state index in [1.165, 1.54) is 0 Å². The fourth-order valence-corrected chi connectivity index (χ4v) is 3.12. The first-order chi connectivity index (χ1) is 12.1. The maximum absolute atomic E-state index is 12.6. The Morgan fingerprint density at radius 3 is 2.76 bits per heavy atom. The van der Waals surface area contributed by atoms with Gasteiger partial charge in [0.15, 0.2) is 11.5 Å². The summed E-state index contributed by atoms with van der Waals surface area (Å²) in [6, 6.07) is 8.90. The minimum absolute atomic E-state index is 0.0811. The topological polar surface area (TPSA) is 78.4 Å². The van der Waals surface area contributed by atoms with Crippen LogP contribution in [0.5, 0.6) is 5.75 Å². The summed E-state index contributed by atoms with van der Waals surface area (Å²) in [5.41, 5.74) is 0.844. The number of fused-ring (bicyclic) bond motifs is 1. The molecule has 2 aromatic heterocycles. The molecule has 0 saturated carbocycles. The van der Waals surface area contributed by atoms with Crippen molar-refractivity contribution in [3.05, 3.63) is 42.2 Å². The number of Topliss-reactive ketones (excluding diaryl/α,β-unsaturated/α-hetero) is 1. The second-order valence-electron chi connectivity index (χ2n) is 6.20. The van der Waals surface area contributed by atoms with Crippen molar-refractivity contribution in [2.24, 2.45) is 0 Å². The van der Waals surface area contributed by atoms with Gasteiger partial charge in [0, 0.05) is 5.56 Å². The Morgan fingerprint density at radius 1 is 1.20 bits per heavy atom. The molecule has 0 N–H and O–H groups in total. The lowest BCUT2D eigenvalue weighted by molar-refractivity contribution is 0.0350. The molecule has 3 heterocycles. The van der Waals surface area contributed by atoms with E-state index in [-0.39, 0.29) is 5.78 Å². The van der Waals surface area contributed by atoms with Gasteiger partial charge in [-0.2, -0.15) is 4.98 Å². The highest BCUT2D eigenvalue weighted by atomic mass is 16.5. The van der Waals surface area contributed by atoms with Crippen LogP contribution in [0.2, 0.25) is 0 Å². The Bertz CT molecular complexity index is 907. The van der Waals surface area contributed by atoms with Crippen LogP contribution in [0, 0.1) is 0 Å². The van der Waals surface area contributed by atoms with Crippen molar-refractivity contribution < 1.29 is 18.5 Å². The van der Waals surface area contributed by atoms with Crippen LogP contribution in [0.25, 0.3) is 23.0 Å². The maximum atomic E-state index is 12.6. The normalized spacial score (nSPS) is 15.7. The molecule has 1 aliphatic rings. The molecule has 0 saturated heterocycles. The largest absolute Gasteiger partial charge is 0.486 e. The molecule has 0 atom stereocenters. The fourth-order valence-electron chi connectivity index (χ4n) is 3.12. The zero-order valence-electron chi connectivity index (χ0n) is 14.1. The molecule has 0 spiro atoms. The van der Waals surface area contributed by atoms with Gasteiger partial charge >= 0.3 is 0 Å². The number of hydrogen-bond acceptors (Lipinski definition) is 6. The molecule has 0 unspecified atom stereocenters. The van der Waals surface area contributed by atoms with Crippen molar-refractivity contribution in [1.82, 2.24) is 10.1 Å². The van der Waals surface area contributed by atoms with Crippen molar-refractivity contribution in [3.8, 4) is 28.8 Å². The number of furan rings is 1. The van der Waals surface area contributed by atoms with Gasteiger partial charge in [0.1, 0.15) is 11.4 Å². The van der Waals surface area contributed by atoms with Crippen molar-refractivity contribution in [2.75, 3.05) is 0 Å². The third-order valence-corrected chi connectivity index (χ3v) is 4.79. The van der Waals surface area contributed by atoms with Gasteiger partial charge in [-0.1, -0.05) is 19.0 Å². The molecule has 0 radical (unpaired) electrons. The van der Waals surface area contributed by atoms with Gasteiger partial charge < -0.3 is 13.7 Å². The van der Waals surface area contributed by atoms with Crippen LogP contribution in [0.1, 0.15) is 43.5 Å². The van der Waals surface area contributed by atoms with Crippen molar-refractivity contribution in [1.29, 1.82) is 0 Å². The minimum Gasteiger partial charge on any atom is -0.486 e. The van der Waals surface area contributed by atoms with E-state index in [1.807, 2.05) is 19.9 Å². The lowest BCUT2D eigenvalue weighted by atomic mass is 9.85. The Kier molecular flexibility index (Phi) is 3.67. The number of carbonyl (C=O) groups is 1. The van der Waals surface area contributed by atoms with Gasteiger partial charge in [0.25, 0.3) is 5.89 Å². The molecule has 128 valence electrons. The van der Waals surface area contributed by atoms with Crippen LogP contribution in [0.4, 0.5) is 0 Å². The number of ether oxygens (including phenoxy) is 1. The van der Waals surface area contributed by atoms with Crippen LogP contribution in [0.15, 0.2) is 45.5 Å². The minimum atomic E-state index is -0.400. The highest BCUT2D eigenvalue weighted by molar-refractivity contribution is 6.01. The van der Waals surface area contributed by atoms with E-state index < -0.39 is 5.60 Å². The van der Waals surface area contributed by atoms with E-state index in [4.69, 9.17) is 13.7 Å². The van der Waals surface area contributed by atoms with Crippen LogP contribution in [0.3, 0.4) is 0 Å². The van der Waals surface area contributed by atoms with Gasteiger partial charge in [-0.3, -0.25) is 4.79 Å². The van der Waals surface area contributed by atoms with E-state index in [1.54, 1.807) is 30.5 Å². The third kappa shape index (κ3) is 2.63. The van der Waals surface area contributed by atoms with Crippen LogP contribution < -0.4 is 4.74 Å². The SMILES string of the molecule is CCC1(CC)CC(=O)c2cc(-c3nc(-c4ccco4)no3)ccc2O1. The second-order valence-corrected chi connectivity index (χ2v) is 6.20. The summed E-state index contributed by atoms with van der Waals surface area (Å²) in [7, 11) is 0. The Balaban J connectivity index is 1.69. The third-order valence-electron chi connectivity index (χ3n) is 4.79. The first-order valence-electron chi connectivity index (χ1n) is 8.38. The van der Waals surface area contributed by atoms with E-state index in [0.717, 1.165) is 12.8 Å². The first kappa shape index (κ1) is 15.6. The fraction of sp³-hybridized carbons (Fsp3) is 0.316. The molecule has 3 aromatic rings. The number of rotatable bonds is 4. The summed E-state index contributed by atoms with van der Waals surface area (Å²) in [5.74, 6) is 1.94. The number of carbonyl (C=O) groups excluding carboxylic acids is 1. The molecule has 1 aliphatic heterocycles. The van der Waals surface area contributed by atoms with Gasteiger partial charge in [-0.25, -0.2) is 0 Å². The summed E-state index contributed by atoms with van der Waals surface area (Å²) >= 11 is 0. The molecular weight excluding hydrogens is 320 g/mol. The van der Waals surface area contributed by atoms with Gasteiger partial charge in [-0.05, 0) is 43.2 Å². The van der Waals surface area contributed by atoms with E-state index >= 15 is 0 Å². The van der Waals surface area contributed by atoms with E-state index in [2.05, 4.69) is 10.1 Å². The predicted molar refractivity (Wildman–Crippen MR) is 90.3 cm³/mol. The summed E-state index contributed by atoms with van der Waals surface area (Å²) < 4.78 is 16.7. The zero-order chi connectivity index (χ0) is 17.4. The monoisotopic (exact) mass is 338 g/mol. The van der Waals surface area contributed by atoms with Crippen molar-refractivity contribution >= 4 is 5.78 Å². The van der Waals surface area contributed by atoms with E-state index in [0.29, 0.717) is 40.8 Å². The first-order valence-corrected chi connectivity index (χ1v) is 8.38. The smallest absolute Gasteiger partial charge is 0.258 e. The van der Waals surface area contributed by atoms with Gasteiger partial charge in [-0.15, -0.1) is 0 Å². The van der Waals surface area contributed by atoms with Crippen LogP contribution in [-0.4, -0.2) is 21.5 Å². The number of aromatic nitrogens is 2. The summed E-state index contributed by atoms with van der Waals surface area (Å²) in [6.07, 6.45) is 3.53. The summed E-state index contributed by atoms with van der Waals surface area (Å²) in [4.78, 5) is 17.0. The molecule has 0 bridgehead atoms. The van der Waals surface area contributed by atoms with Gasteiger partial charge in [0.05, 0.1) is 18.2 Å². The number of ketones is 1. The molecular formula is C19H18N2O4. The molecule has 1 aromatic carbocycles. The quantitative estimate of drug-likeness (QED) is 0.696. The van der Waals surface area contributed by atoms with Crippen LogP contribution >= 0.6 is 0 Å². The average Bonchev–Trinajstić information content (AvgIpc) is 3.32. The summed E-state index contributed by atoms with van der Waals surface area (Å²) in [6.45, 7) is 4.09.